The van der Waals surface area contributed by atoms with Crippen LogP contribution in [0.4, 0.5) is 4.39 Å². The standard InChI is InChI=1S/C17H23BFNO4/c1-16(2)17(3,4)24-18(23-16)13(10-20)8-11-6-7-12(9-14(11)19)15(21)22-5/h6-9H,10,20H2,1-5H3. The molecule has 1 aromatic carbocycles. The van der Waals surface area contributed by atoms with Crippen molar-refractivity contribution in [3.05, 3.63) is 40.6 Å². The molecule has 0 radical (unpaired) electrons. The highest BCUT2D eigenvalue weighted by Gasteiger charge is 2.52. The van der Waals surface area contributed by atoms with E-state index in [2.05, 4.69) is 4.74 Å². The van der Waals surface area contributed by atoms with Crippen LogP contribution in [0, 0.1) is 5.82 Å². The number of esters is 1. The summed E-state index contributed by atoms with van der Waals surface area (Å²) in [7, 11) is 0.610. The van der Waals surface area contributed by atoms with Gasteiger partial charge in [-0.3, -0.25) is 0 Å². The fourth-order valence-corrected chi connectivity index (χ4v) is 2.31. The first kappa shape index (κ1) is 18.6. The van der Waals surface area contributed by atoms with Gasteiger partial charge in [0.1, 0.15) is 5.82 Å². The third-order valence-electron chi connectivity index (χ3n) is 4.55. The van der Waals surface area contributed by atoms with Gasteiger partial charge in [-0.05, 0) is 45.3 Å². The Bertz CT molecular complexity index is 657. The van der Waals surface area contributed by atoms with Crippen LogP contribution in [0.25, 0.3) is 6.08 Å². The first-order chi connectivity index (χ1) is 11.1. The van der Waals surface area contributed by atoms with Crippen molar-refractivity contribution in [3.63, 3.8) is 0 Å². The zero-order chi connectivity index (χ0) is 18.1. The van der Waals surface area contributed by atoms with Gasteiger partial charge in [0.05, 0.1) is 23.9 Å². The first-order valence-electron chi connectivity index (χ1n) is 7.75. The Kier molecular flexibility index (Phi) is 5.18. The molecule has 0 aliphatic carbocycles. The van der Waals surface area contributed by atoms with E-state index in [1.165, 1.54) is 19.2 Å². The van der Waals surface area contributed by atoms with Crippen LogP contribution in [0.1, 0.15) is 43.6 Å². The summed E-state index contributed by atoms with van der Waals surface area (Å²) in [5.74, 6) is -1.13. The lowest BCUT2D eigenvalue weighted by Crippen LogP contribution is -2.41. The molecule has 1 aliphatic heterocycles. The van der Waals surface area contributed by atoms with Gasteiger partial charge in [0, 0.05) is 12.1 Å². The molecular weight excluding hydrogens is 312 g/mol. The second kappa shape index (κ2) is 6.66. The van der Waals surface area contributed by atoms with E-state index in [9.17, 15) is 9.18 Å². The van der Waals surface area contributed by atoms with Gasteiger partial charge >= 0.3 is 13.1 Å². The molecule has 130 valence electrons. The predicted molar refractivity (Wildman–Crippen MR) is 90.9 cm³/mol. The van der Waals surface area contributed by atoms with Gasteiger partial charge in [0.2, 0.25) is 0 Å². The third-order valence-corrected chi connectivity index (χ3v) is 4.55. The predicted octanol–water partition coefficient (Wildman–Crippen LogP) is 2.59. The van der Waals surface area contributed by atoms with Crippen molar-refractivity contribution in [2.45, 2.75) is 38.9 Å². The van der Waals surface area contributed by atoms with Crippen LogP contribution in [-0.4, -0.2) is 37.9 Å². The molecule has 1 fully saturated rings. The zero-order valence-corrected chi connectivity index (χ0v) is 14.7. The Hall–Kier alpha value is -1.70. The maximum atomic E-state index is 14.3. The number of rotatable bonds is 4. The number of hydrogen-bond acceptors (Lipinski definition) is 5. The second-order valence-corrected chi connectivity index (χ2v) is 6.74. The molecule has 0 spiro atoms. The van der Waals surface area contributed by atoms with Crippen molar-refractivity contribution in [1.29, 1.82) is 0 Å². The molecule has 0 unspecified atom stereocenters. The van der Waals surface area contributed by atoms with Crippen molar-refractivity contribution in [2.24, 2.45) is 5.73 Å². The monoisotopic (exact) mass is 335 g/mol. The Morgan fingerprint density at radius 2 is 1.88 bits per heavy atom. The molecule has 1 heterocycles. The van der Waals surface area contributed by atoms with Crippen LogP contribution >= 0.6 is 0 Å². The average Bonchev–Trinajstić information content (AvgIpc) is 2.73. The van der Waals surface area contributed by atoms with Crippen molar-refractivity contribution >= 4 is 19.2 Å². The molecule has 1 saturated heterocycles. The lowest BCUT2D eigenvalue weighted by atomic mass is 9.77. The molecule has 0 amide bonds. The second-order valence-electron chi connectivity index (χ2n) is 6.74. The Labute approximate surface area is 142 Å². The minimum absolute atomic E-state index is 0.150. The number of methoxy groups -OCH3 is 1. The van der Waals surface area contributed by atoms with E-state index in [1.807, 2.05) is 27.7 Å². The van der Waals surface area contributed by atoms with Crippen molar-refractivity contribution in [1.82, 2.24) is 0 Å². The summed E-state index contributed by atoms with van der Waals surface area (Å²) in [6.07, 6.45) is 1.60. The summed E-state index contributed by atoms with van der Waals surface area (Å²) >= 11 is 0. The Morgan fingerprint density at radius 3 is 2.33 bits per heavy atom. The van der Waals surface area contributed by atoms with Gasteiger partial charge in [0.15, 0.2) is 0 Å². The topological polar surface area (TPSA) is 70.8 Å². The molecule has 1 aromatic rings. The molecule has 5 nitrogen and oxygen atoms in total. The lowest BCUT2D eigenvalue weighted by molar-refractivity contribution is 0.00578. The van der Waals surface area contributed by atoms with Gasteiger partial charge in [-0.25, -0.2) is 9.18 Å². The summed E-state index contributed by atoms with van der Waals surface area (Å²) in [6.45, 7) is 7.91. The molecule has 2 N–H and O–H groups in total. The molecule has 1 aliphatic rings. The number of ether oxygens (including phenoxy) is 1. The zero-order valence-electron chi connectivity index (χ0n) is 14.7. The van der Waals surface area contributed by atoms with Crippen LogP contribution < -0.4 is 5.73 Å². The fourth-order valence-electron chi connectivity index (χ4n) is 2.31. The smallest absolute Gasteiger partial charge is 0.465 e. The number of benzene rings is 1. The highest BCUT2D eigenvalue weighted by atomic mass is 19.1. The maximum absolute atomic E-state index is 14.3. The van der Waals surface area contributed by atoms with E-state index in [1.54, 1.807) is 6.08 Å². The molecule has 0 atom stereocenters. The third kappa shape index (κ3) is 3.53. The van der Waals surface area contributed by atoms with Crippen molar-refractivity contribution in [2.75, 3.05) is 13.7 Å². The van der Waals surface area contributed by atoms with Gasteiger partial charge in [-0.15, -0.1) is 0 Å². The lowest BCUT2D eigenvalue weighted by Gasteiger charge is -2.32. The molecule has 0 saturated carbocycles. The summed E-state index contributed by atoms with van der Waals surface area (Å²) in [4.78, 5) is 11.4. The van der Waals surface area contributed by atoms with Gasteiger partial charge < -0.3 is 19.8 Å². The summed E-state index contributed by atoms with van der Waals surface area (Å²) in [5, 5.41) is 0. The van der Waals surface area contributed by atoms with Crippen LogP contribution in [0.3, 0.4) is 0 Å². The highest BCUT2D eigenvalue weighted by molar-refractivity contribution is 6.55. The Morgan fingerprint density at radius 1 is 1.29 bits per heavy atom. The number of halogens is 1. The summed E-state index contributed by atoms with van der Waals surface area (Å²) in [5.41, 5.74) is 5.88. The van der Waals surface area contributed by atoms with Crippen LogP contribution in [0.15, 0.2) is 23.7 Å². The normalized spacial score (nSPS) is 19.5. The van der Waals surface area contributed by atoms with Gasteiger partial charge in [-0.2, -0.15) is 0 Å². The van der Waals surface area contributed by atoms with E-state index >= 15 is 0 Å². The van der Waals surface area contributed by atoms with Crippen LogP contribution in [0.2, 0.25) is 0 Å². The average molecular weight is 335 g/mol. The van der Waals surface area contributed by atoms with E-state index < -0.39 is 30.1 Å². The number of carbonyl (C=O) groups is 1. The molecule has 0 bridgehead atoms. The minimum atomic E-state index is -0.639. The van der Waals surface area contributed by atoms with E-state index in [-0.39, 0.29) is 12.1 Å². The quantitative estimate of drug-likeness (QED) is 0.676. The highest BCUT2D eigenvalue weighted by Crippen LogP contribution is 2.38. The number of carbonyl (C=O) groups excluding carboxylic acids is 1. The van der Waals surface area contributed by atoms with E-state index in [0.29, 0.717) is 11.0 Å². The molecule has 2 rings (SSSR count). The molecule has 7 heteroatoms. The van der Waals surface area contributed by atoms with Gasteiger partial charge in [-0.1, -0.05) is 12.1 Å². The number of hydrogen-bond donors (Lipinski definition) is 1. The maximum Gasteiger partial charge on any atom is 0.491 e. The SMILES string of the molecule is COC(=O)c1ccc(C=C(CN)B2OC(C)(C)C(C)(C)O2)c(F)c1. The van der Waals surface area contributed by atoms with Crippen molar-refractivity contribution in [3.8, 4) is 0 Å². The first-order valence-corrected chi connectivity index (χ1v) is 7.75. The molecular formula is C17H23BFNO4. The fraction of sp³-hybridized carbons (Fsp3) is 0.471. The molecule has 24 heavy (non-hydrogen) atoms. The summed E-state index contributed by atoms with van der Waals surface area (Å²) < 4.78 is 30.7. The van der Waals surface area contributed by atoms with Crippen molar-refractivity contribution < 1.29 is 23.2 Å². The Balaban J connectivity index is 2.30. The van der Waals surface area contributed by atoms with E-state index in [0.717, 1.165) is 6.07 Å². The van der Waals surface area contributed by atoms with Gasteiger partial charge in [0.25, 0.3) is 0 Å². The molecule has 0 aromatic heterocycles. The van der Waals surface area contributed by atoms with E-state index in [4.69, 9.17) is 15.0 Å². The minimum Gasteiger partial charge on any atom is -0.465 e. The summed E-state index contributed by atoms with van der Waals surface area (Å²) in [6, 6.07) is 4.14. The van der Waals surface area contributed by atoms with Crippen LogP contribution in [0.5, 0.6) is 0 Å². The largest absolute Gasteiger partial charge is 0.491 e. The number of nitrogens with two attached hydrogens (primary N) is 1. The van der Waals surface area contributed by atoms with Crippen LogP contribution in [-0.2, 0) is 14.0 Å².